The van der Waals surface area contributed by atoms with Crippen LogP contribution < -0.4 is 10.1 Å². The molecule has 0 saturated heterocycles. The maximum atomic E-state index is 5.32. The van der Waals surface area contributed by atoms with Gasteiger partial charge in [0.1, 0.15) is 5.75 Å². The Hall–Kier alpha value is -1.81. The molecule has 2 aromatic rings. The molecule has 4 heteroatoms. The van der Waals surface area contributed by atoms with Gasteiger partial charge in [-0.05, 0) is 54.6 Å². The molecule has 4 nitrogen and oxygen atoms in total. The molecule has 0 aliphatic carbocycles. The Kier molecular flexibility index (Phi) is 3.74. The van der Waals surface area contributed by atoms with Crippen LogP contribution in [0.2, 0.25) is 0 Å². The molecule has 1 N–H and O–H groups in total. The SMILES string of the molecule is COc1ccc2c(c1)CCNC2CCc1cnn(C)c1. The van der Waals surface area contributed by atoms with Gasteiger partial charge in [-0.3, -0.25) is 4.68 Å². The molecule has 3 rings (SSSR count). The van der Waals surface area contributed by atoms with Gasteiger partial charge < -0.3 is 10.1 Å². The van der Waals surface area contributed by atoms with E-state index < -0.39 is 0 Å². The first-order valence-corrected chi connectivity index (χ1v) is 7.14. The topological polar surface area (TPSA) is 39.1 Å². The zero-order chi connectivity index (χ0) is 13.9. The van der Waals surface area contributed by atoms with Crippen LogP contribution in [0.15, 0.2) is 30.6 Å². The minimum absolute atomic E-state index is 0.435. The highest BCUT2D eigenvalue weighted by molar-refractivity contribution is 5.39. The first kappa shape index (κ1) is 13.2. The number of aromatic nitrogens is 2. The van der Waals surface area contributed by atoms with E-state index in [2.05, 4.69) is 34.8 Å². The van der Waals surface area contributed by atoms with E-state index in [0.29, 0.717) is 6.04 Å². The summed E-state index contributed by atoms with van der Waals surface area (Å²) in [5, 5.41) is 7.85. The van der Waals surface area contributed by atoms with Crippen LogP contribution in [0.1, 0.15) is 29.2 Å². The third kappa shape index (κ3) is 2.70. The third-order valence-electron chi connectivity index (χ3n) is 3.99. The minimum Gasteiger partial charge on any atom is -0.497 e. The van der Waals surface area contributed by atoms with Gasteiger partial charge in [-0.15, -0.1) is 0 Å². The summed E-state index contributed by atoms with van der Waals surface area (Å²) in [6.45, 7) is 1.04. The second-order valence-electron chi connectivity index (χ2n) is 5.38. The molecular formula is C16H21N3O. The summed E-state index contributed by atoms with van der Waals surface area (Å²) in [7, 11) is 3.69. The lowest BCUT2D eigenvalue weighted by atomic mass is 9.91. The van der Waals surface area contributed by atoms with Crippen LogP contribution in [-0.2, 0) is 19.9 Å². The number of ether oxygens (including phenoxy) is 1. The van der Waals surface area contributed by atoms with Gasteiger partial charge in [0.2, 0.25) is 0 Å². The highest BCUT2D eigenvalue weighted by Gasteiger charge is 2.19. The molecule has 0 spiro atoms. The summed E-state index contributed by atoms with van der Waals surface area (Å²) in [6, 6.07) is 6.87. The maximum absolute atomic E-state index is 5.32. The Bertz CT molecular complexity index is 591. The third-order valence-corrected chi connectivity index (χ3v) is 3.99. The summed E-state index contributed by atoms with van der Waals surface area (Å²) in [4.78, 5) is 0. The Labute approximate surface area is 119 Å². The van der Waals surface area contributed by atoms with Crippen LogP contribution in [0.3, 0.4) is 0 Å². The van der Waals surface area contributed by atoms with Gasteiger partial charge in [0, 0.05) is 19.3 Å². The number of hydrogen-bond donors (Lipinski definition) is 1. The van der Waals surface area contributed by atoms with Gasteiger partial charge in [0.25, 0.3) is 0 Å². The molecule has 1 aromatic carbocycles. The average Bonchev–Trinajstić information content (AvgIpc) is 2.90. The van der Waals surface area contributed by atoms with Gasteiger partial charge in [0.15, 0.2) is 0 Å². The van der Waals surface area contributed by atoms with Crippen molar-refractivity contribution in [2.24, 2.45) is 7.05 Å². The number of hydrogen-bond acceptors (Lipinski definition) is 3. The number of fused-ring (bicyclic) bond motifs is 1. The van der Waals surface area contributed by atoms with Crippen molar-refractivity contribution < 1.29 is 4.74 Å². The van der Waals surface area contributed by atoms with Gasteiger partial charge >= 0.3 is 0 Å². The molecule has 1 atom stereocenters. The molecule has 0 amide bonds. The predicted molar refractivity (Wildman–Crippen MR) is 79.0 cm³/mol. The molecule has 1 aromatic heterocycles. The van der Waals surface area contributed by atoms with Crippen molar-refractivity contribution in [3.63, 3.8) is 0 Å². The fourth-order valence-electron chi connectivity index (χ4n) is 2.93. The Morgan fingerprint density at radius 2 is 2.35 bits per heavy atom. The van der Waals surface area contributed by atoms with Gasteiger partial charge in [0.05, 0.1) is 13.3 Å². The number of benzene rings is 1. The number of nitrogens with zero attached hydrogens (tertiary/aromatic N) is 2. The Morgan fingerprint density at radius 1 is 1.45 bits per heavy atom. The van der Waals surface area contributed by atoms with Gasteiger partial charge in [-0.25, -0.2) is 0 Å². The fourth-order valence-corrected chi connectivity index (χ4v) is 2.93. The lowest BCUT2D eigenvalue weighted by Crippen LogP contribution is -2.30. The van der Waals surface area contributed by atoms with Crippen molar-refractivity contribution in [2.45, 2.75) is 25.3 Å². The molecular weight excluding hydrogens is 250 g/mol. The van der Waals surface area contributed by atoms with Crippen LogP contribution in [0.5, 0.6) is 5.75 Å². The number of rotatable bonds is 4. The standard InChI is InChI=1S/C16H21N3O/c1-19-11-12(10-18-19)3-6-16-15-5-4-14(20-2)9-13(15)7-8-17-16/h4-5,9-11,16-17H,3,6-8H2,1-2H3. The van der Waals surface area contributed by atoms with Crippen molar-refractivity contribution in [1.29, 1.82) is 0 Å². The van der Waals surface area contributed by atoms with E-state index in [4.69, 9.17) is 4.74 Å². The summed E-state index contributed by atoms with van der Waals surface area (Å²) in [5.41, 5.74) is 4.13. The quantitative estimate of drug-likeness (QED) is 0.927. The van der Waals surface area contributed by atoms with E-state index in [-0.39, 0.29) is 0 Å². The Morgan fingerprint density at radius 3 is 3.10 bits per heavy atom. The molecule has 0 bridgehead atoms. The van der Waals surface area contributed by atoms with Gasteiger partial charge in [-0.1, -0.05) is 6.07 Å². The van der Waals surface area contributed by atoms with E-state index in [0.717, 1.165) is 31.6 Å². The molecule has 1 aliphatic heterocycles. The fraction of sp³-hybridized carbons (Fsp3) is 0.438. The number of aryl methyl sites for hydroxylation is 2. The largest absolute Gasteiger partial charge is 0.497 e. The summed E-state index contributed by atoms with van der Waals surface area (Å²) < 4.78 is 7.18. The van der Waals surface area contributed by atoms with Crippen molar-refractivity contribution in [2.75, 3.05) is 13.7 Å². The molecule has 2 heterocycles. The van der Waals surface area contributed by atoms with Crippen LogP contribution in [0.25, 0.3) is 0 Å². The van der Waals surface area contributed by atoms with Crippen molar-refractivity contribution in [3.05, 3.63) is 47.3 Å². The average molecular weight is 271 g/mol. The molecule has 106 valence electrons. The maximum Gasteiger partial charge on any atom is 0.119 e. The zero-order valence-corrected chi connectivity index (χ0v) is 12.1. The molecule has 1 unspecified atom stereocenters. The lowest BCUT2D eigenvalue weighted by Gasteiger charge is -2.27. The molecule has 20 heavy (non-hydrogen) atoms. The number of nitrogens with one attached hydrogen (secondary N) is 1. The van der Waals surface area contributed by atoms with Crippen LogP contribution in [-0.4, -0.2) is 23.4 Å². The van der Waals surface area contributed by atoms with Crippen molar-refractivity contribution >= 4 is 0 Å². The van der Waals surface area contributed by atoms with Gasteiger partial charge in [-0.2, -0.15) is 5.10 Å². The van der Waals surface area contributed by atoms with Crippen LogP contribution in [0.4, 0.5) is 0 Å². The summed E-state index contributed by atoms with van der Waals surface area (Å²) >= 11 is 0. The van der Waals surface area contributed by atoms with E-state index >= 15 is 0 Å². The zero-order valence-electron chi connectivity index (χ0n) is 12.1. The summed E-state index contributed by atoms with van der Waals surface area (Å²) in [5.74, 6) is 0.955. The normalized spacial score (nSPS) is 17.8. The highest BCUT2D eigenvalue weighted by atomic mass is 16.5. The molecule has 1 aliphatic rings. The van der Waals surface area contributed by atoms with Crippen LogP contribution >= 0.6 is 0 Å². The van der Waals surface area contributed by atoms with E-state index in [1.165, 1.54) is 16.7 Å². The summed E-state index contributed by atoms with van der Waals surface area (Å²) in [6.07, 6.45) is 7.29. The van der Waals surface area contributed by atoms with E-state index in [1.54, 1.807) is 7.11 Å². The highest BCUT2D eigenvalue weighted by Crippen LogP contribution is 2.29. The Balaban J connectivity index is 1.73. The molecule has 0 radical (unpaired) electrons. The van der Waals surface area contributed by atoms with E-state index in [9.17, 15) is 0 Å². The number of methoxy groups -OCH3 is 1. The van der Waals surface area contributed by atoms with E-state index in [1.807, 2.05) is 17.9 Å². The molecule has 0 saturated carbocycles. The lowest BCUT2D eigenvalue weighted by molar-refractivity contribution is 0.411. The molecule has 0 fully saturated rings. The second kappa shape index (κ2) is 5.67. The smallest absolute Gasteiger partial charge is 0.119 e. The first-order chi connectivity index (χ1) is 9.76. The van der Waals surface area contributed by atoms with Crippen molar-refractivity contribution in [1.82, 2.24) is 15.1 Å². The first-order valence-electron chi connectivity index (χ1n) is 7.14. The minimum atomic E-state index is 0.435. The monoisotopic (exact) mass is 271 g/mol. The predicted octanol–water partition coefficient (Wildman–Crippen LogP) is 2.25. The van der Waals surface area contributed by atoms with Crippen molar-refractivity contribution in [3.8, 4) is 5.75 Å². The second-order valence-corrected chi connectivity index (χ2v) is 5.38. The van der Waals surface area contributed by atoms with Crippen LogP contribution in [0, 0.1) is 0 Å².